The van der Waals surface area contributed by atoms with Gasteiger partial charge in [-0.1, -0.05) is 0 Å². The predicted molar refractivity (Wildman–Crippen MR) is 77.3 cm³/mol. The van der Waals surface area contributed by atoms with Gasteiger partial charge in [-0.25, -0.2) is 0 Å². The molecule has 0 aromatic heterocycles. The molecule has 3 fully saturated rings. The summed E-state index contributed by atoms with van der Waals surface area (Å²) < 4.78 is 5.71. The zero-order valence-electron chi connectivity index (χ0n) is 12.4. The van der Waals surface area contributed by atoms with Crippen LogP contribution in [0.1, 0.15) is 32.1 Å². The van der Waals surface area contributed by atoms with Crippen molar-refractivity contribution in [2.45, 2.75) is 38.2 Å². The van der Waals surface area contributed by atoms with Crippen LogP contribution >= 0.6 is 0 Å². The fourth-order valence-corrected chi connectivity index (χ4v) is 3.42. The average Bonchev–Trinajstić information content (AvgIpc) is 3.16. The van der Waals surface area contributed by atoms with Crippen molar-refractivity contribution in [3.63, 3.8) is 0 Å². The lowest BCUT2D eigenvalue weighted by atomic mass is 10.1. The van der Waals surface area contributed by atoms with Gasteiger partial charge in [0.2, 0.25) is 5.91 Å². The van der Waals surface area contributed by atoms with Gasteiger partial charge in [-0.15, -0.1) is 0 Å². The van der Waals surface area contributed by atoms with Crippen LogP contribution in [0, 0.1) is 5.41 Å². The van der Waals surface area contributed by atoms with Crippen molar-refractivity contribution in [1.82, 2.24) is 9.80 Å². The molecule has 20 heavy (non-hydrogen) atoms. The standard InChI is InChI=1S/C15H27N3O2/c16-12-15(4-5-15)14(19)18-7-2-6-17(8-9-18)11-13-3-1-10-20-13/h13H,1-12,16H2. The number of hydrogen-bond donors (Lipinski definition) is 1. The van der Waals surface area contributed by atoms with Crippen molar-refractivity contribution in [3.8, 4) is 0 Å². The number of carbonyl (C=O) groups excluding carboxylic acids is 1. The van der Waals surface area contributed by atoms with Gasteiger partial charge < -0.3 is 15.4 Å². The number of hydrogen-bond acceptors (Lipinski definition) is 4. The van der Waals surface area contributed by atoms with Crippen molar-refractivity contribution in [3.05, 3.63) is 0 Å². The summed E-state index contributed by atoms with van der Waals surface area (Å²) in [7, 11) is 0. The second-order valence-electron chi connectivity index (χ2n) is 6.57. The smallest absolute Gasteiger partial charge is 0.230 e. The molecule has 3 rings (SSSR count). The predicted octanol–water partition coefficient (Wildman–Crippen LogP) is 0.439. The molecule has 2 N–H and O–H groups in total. The quantitative estimate of drug-likeness (QED) is 0.812. The number of carbonyl (C=O) groups is 1. The molecule has 1 amide bonds. The monoisotopic (exact) mass is 281 g/mol. The summed E-state index contributed by atoms with van der Waals surface area (Å²) in [5.74, 6) is 0.305. The molecule has 1 unspecified atom stereocenters. The van der Waals surface area contributed by atoms with Crippen molar-refractivity contribution < 1.29 is 9.53 Å². The van der Waals surface area contributed by atoms with E-state index in [9.17, 15) is 4.79 Å². The maximum Gasteiger partial charge on any atom is 0.230 e. The molecular formula is C15H27N3O2. The fourth-order valence-electron chi connectivity index (χ4n) is 3.42. The lowest BCUT2D eigenvalue weighted by Crippen LogP contribution is -2.43. The molecule has 0 aromatic rings. The highest BCUT2D eigenvalue weighted by Crippen LogP contribution is 2.46. The maximum atomic E-state index is 12.5. The average molecular weight is 281 g/mol. The van der Waals surface area contributed by atoms with Crippen LogP contribution in [0.5, 0.6) is 0 Å². The molecule has 0 aromatic carbocycles. The molecule has 0 bridgehead atoms. The SMILES string of the molecule is NCC1(C(=O)N2CCCN(CC3CCCO3)CC2)CC1. The number of nitrogens with zero attached hydrogens (tertiary/aromatic N) is 2. The molecule has 2 heterocycles. The van der Waals surface area contributed by atoms with Crippen molar-refractivity contribution in [2.75, 3.05) is 45.9 Å². The zero-order valence-corrected chi connectivity index (χ0v) is 12.4. The van der Waals surface area contributed by atoms with Crippen LogP contribution in [0.2, 0.25) is 0 Å². The summed E-state index contributed by atoms with van der Waals surface area (Å²) in [6.45, 7) is 6.27. The van der Waals surface area contributed by atoms with Gasteiger partial charge in [-0.05, 0) is 38.6 Å². The van der Waals surface area contributed by atoms with Gasteiger partial charge in [-0.2, -0.15) is 0 Å². The Morgan fingerprint density at radius 2 is 2.05 bits per heavy atom. The van der Waals surface area contributed by atoms with Crippen LogP contribution in [-0.4, -0.2) is 67.7 Å². The lowest BCUT2D eigenvalue weighted by Gasteiger charge is -2.26. The first-order valence-corrected chi connectivity index (χ1v) is 8.07. The Balaban J connectivity index is 1.50. The molecule has 0 radical (unpaired) electrons. The summed E-state index contributed by atoms with van der Waals surface area (Å²) in [4.78, 5) is 17.0. The number of nitrogens with two attached hydrogens (primary N) is 1. The molecule has 0 spiro atoms. The van der Waals surface area contributed by atoms with Gasteiger partial charge >= 0.3 is 0 Å². The minimum Gasteiger partial charge on any atom is -0.377 e. The molecule has 1 atom stereocenters. The third kappa shape index (κ3) is 3.00. The van der Waals surface area contributed by atoms with Crippen LogP contribution in [0.3, 0.4) is 0 Å². The number of rotatable bonds is 4. The second kappa shape index (κ2) is 6.00. The lowest BCUT2D eigenvalue weighted by molar-refractivity contribution is -0.136. The fraction of sp³-hybridized carbons (Fsp3) is 0.933. The van der Waals surface area contributed by atoms with Gasteiger partial charge in [0, 0.05) is 39.3 Å². The van der Waals surface area contributed by atoms with E-state index in [0.29, 0.717) is 18.6 Å². The highest BCUT2D eigenvalue weighted by atomic mass is 16.5. The Labute approximate surface area is 121 Å². The van der Waals surface area contributed by atoms with E-state index in [1.54, 1.807) is 0 Å². The van der Waals surface area contributed by atoms with E-state index >= 15 is 0 Å². The van der Waals surface area contributed by atoms with Crippen molar-refractivity contribution >= 4 is 5.91 Å². The highest BCUT2D eigenvalue weighted by Gasteiger charge is 2.50. The number of amides is 1. The first-order valence-electron chi connectivity index (χ1n) is 8.07. The molecule has 3 aliphatic rings. The Kier molecular flexibility index (Phi) is 4.29. The first kappa shape index (κ1) is 14.3. The summed E-state index contributed by atoms with van der Waals surface area (Å²) in [6.07, 6.45) is 5.84. The molecule has 114 valence electrons. The van der Waals surface area contributed by atoms with Crippen molar-refractivity contribution in [1.29, 1.82) is 0 Å². The maximum absolute atomic E-state index is 12.5. The van der Waals surface area contributed by atoms with E-state index in [1.165, 1.54) is 12.8 Å². The minimum atomic E-state index is -0.191. The van der Waals surface area contributed by atoms with Crippen LogP contribution in [-0.2, 0) is 9.53 Å². The Hall–Kier alpha value is -0.650. The third-order valence-electron chi connectivity index (χ3n) is 5.06. The normalized spacial score (nSPS) is 30.2. The van der Waals surface area contributed by atoms with E-state index in [-0.39, 0.29) is 5.41 Å². The molecule has 2 saturated heterocycles. The highest BCUT2D eigenvalue weighted by molar-refractivity contribution is 5.85. The van der Waals surface area contributed by atoms with Gasteiger partial charge in [0.1, 0.15) is 0 Å². The minimum absolute atomic E-state index is 0.191. The molecular weight excluding hydrogens is 254 g/mol. The topological polar surface area (TPSA) is 58.8 Å². The largest absolute Gasteiger partial charge is 0.377 e. The number of ether oxygens (including phenoxy) is 1. The summed E-state index contributed by atoms with van der Waals surface area (Å²) in [5, 5.41) is 0. The van der Waals surface area contributed by atoms with Crippen LogP contribution < -0.4 is 5.73 Å². The summed E-state index contributed by atoms with van der Waals surface area (Å²) in [6, 6.07) is 0. The Bertz CT molecular complexity index is 351. The van der Waals surface area contributed by atoms with E-state index in [4.69, 9.17) is 10.5 Å². The molecule has 1 saturated carbocycles. The van der Waals surface area contributed by atoms with Crippen LogP contribution in [0.15, 0.2) is 0 Å². The van der Waals surface area contributed by atoms with E-state index in [1.807, 2.05) is 0 Å². The van der Waals surface area contributed by atoms with E-state index < -0.39 is 0 Å². The summed E-state index contributed by atoms with van der Waals surface area (Å²) in [5.41, 5.74) is 5.59. The van der Waals surface area contributed by atoms with Gasteiger partial charge in [0.25, 0.3) is 0 Å². The molecule has 5 nitrogen and oxygen atoms in total. The van der Waals surface area contributed by atoms with Crippen molar-refractivity contribution in [2.24, 2.45) is 11.1 Å². The van der Waals surface area contributed by atoms with Gasteiger partial charge in [-0.3, -0.25) is 9.69 Å². The second-order valence-corrected chi connectivity index (χ2v) is 6.57. The molecule has 1 aliphatic carbocycles. The molecule has 2 aliphatic heterocycles. The van der Waals surface area contributed by atoms with Gasteiger partial charge in [0.05, 0.1) is 11.5 Å². The Morgan fingerprint density at radius 3 is 2.70 bits per heavy atom. The zero-order chi connectivity index (χ0) is 14.0. The Morgan fingerprint density at radius 1 is 1.20 bits per heavy atom. The van der Waals surface area contributed by atoms with Crippen LogP contribution in [0.4, 0.5) is 0 Å². The van der Waals surface area contributed by atoms with E-state index in [0.717, 1.165) is 58.6 Å². The van der Waals surface area contributed by atoms with E-state index in [2.05, 4.69) is 9.80 Å². The third-order valence-corrected chi connectivity index (χ3v) is 5.06. The van der Waals surface area contributed by atoms with Gasteiger partial charge in [0.15, 0.2) is 0 Å². The summed E-state index contributed by atoms with van der Waals surface area (Å²) >= 11 is 0. The first-order chi connectivity index (χ1) is 9.73. The molecule has 5 heteroatoms. The van der Waals surface area contributed by atoms with Crippen LogP contribution in [0.25, 0.3) is 0 Å².